The molecule has 0 saturated heterocycles. The lowest BCUT2D eigenvalue weighted by molar-refractivity contribution is -0.384. The zero-order valence-electron chi connectivity index (χ0n) is 10.6. The van der Waals surface area contributed by atoms with Gasteiger partial charge < -0.3 is 0 Å². The van der Waals surface area contributed by atoms with Gasteiger partial charge >= 0.3 is 11.3 Å². The van der Waals surface area contributed by atoms with E-state index < -0.39 is 16.2 Å². The van der Waals surface area contributed by atoms with E-state index in [1.165, 1.54) is 16.4 Å². The van der Waals surface area contributed by atoms with E-state index in [2.05, 4.69) is 5.16 Å². The minimum atomic E-state index is -1.76. The summed E-state index contributed by atoms with van der Waals surface area (Å²) in [6, 6.07) is 14.8. The molecule has 7 nitrogen and oxygen atoms in total. The van der Waals surface area contributed by atoms with Gasteiger partial charge in [-0.1, -0.05) is 18.2 Å². The zero-order valence-corrected chi connectivity index (χ0v) is 11.4. The summed E-state index contributed by atoms with van der Waals surface area (Å²) >= 11 is -1.76. The molecule has 1 atom stereocenters. The highest BCUT2D eigenvalue weighted by Gasteiger charge is 2.30. The number of anilines is 1. The van der Waals surface area contributed by atoms with Crippen LogP contribution in [0.1, 0.15) is 5.56 Å². The van der Waals surface area contributed by atoms with Crippen LogP contribution in [-0.4, -0.2) is 15.0 Å². The van der Waals surface area contributed by atoms with Crippen LogP contribution in [0.5, 0.6) is 0 Å². The van der Waals surface area contributed by atoms with Crippen molar-refractivity contribution in [2.24, 2.45) is 5.16 Å². The smallest absolute Gasteiger partial charge is 0.268 e. The minimum absolute atomic E-state index is 0.0225. The Hall–Kier alpha value is -2.74. The lowest BCUT2D eigenvalue weighted by Crippen LogP contribution is -2.28. The Bertz CT molecular complexity index is 731. The van der Waals surface area contributed by atoms with E-state index in [9.17, 15) is 14.3 Å². The average molecular weight is 303 g/mol. The van der Waals surface area contributed by atoms with E-state index in [0.29, 0.717) is 17.1 Å². The predicted octanol–water partition coefficient (Wildman–Crippen LogP) is 2.37. The van der Waals surface area contributed by atoms with Crippen LogP contribution in [0.4, 0.5) is 11.4 Å². The maximum Gasteiger partial charge on any atom is 0.346 e. The van der Waals surface area contributed by atoms with Gasteiger partial charge in [0.15, 0.2) is 5.84 Å². The van der Waals surface area contributed by atoms with Gasteiger partial charge in [-0.3, -0.25) is 14.4 Å². The van der Waals surface area contributed by atoms with Gasteiger partial charge in [-0.25, -0.2) is 4.31 Å². The molecule has 0 N–H and O–H groups in total. The molecule has 1 aliphatic rings. The van der Waals surface area contributed by atoms with Gasteiger partial charge in [-0.2, -0.15) is 4.21 Å². The molecule has 0 bridgehead atoms. The molecule has 2 aromatic carbocycles. The van der Waals surface area contributed by atoms with Crippen LogP contribution in [0.3, 0.4) is 0 Å². The summed E-state index contributed by atoms with van der Waals surface area (Å²) in [6.07, 6.45) is 0. The fraction of sp³-hybridized carbons (Fsp3) is 0. The molecule has 1 unspecified atom stereocenters. The Balaban J connectivity index is 1.97. The molecule has 0 fully saturated rings. The van der Waals surface area contributed by atoms with Crippen molar-refractivity contribution in [2.75, 3.05) is 4.31 Å². The van der Waals surface area contributed by atoms with Crippen molar-refractivity contribution in [2.45, 2.75) is 0 Å². The first-order chi connectivity index (χ1) is 10.2. The van der Waals surface area contributed by atoms with Crippen LogP contribution >= 0.6 is 0 Å². The van der Waals surface area contributed by atoms with Gasteiger partial charge in [0.2, 0.25) is 0 Å². The molecular formula is C13H9N3O4S. The molecule has 0 saturated carbocycles. The van der Waals surface area contributed by atoms with Gasteiger partial charge in [-0.15, -0.1) is 0 Å². The van der Waals surface area contributed by atoms with Gasteiger partial charge in [0, 0.05) is 17.7 Å². The normalized spacial score (nSPS) is 17.2. The number of benzene rings is 2. The Kier molecular flexibility index (Phi) is 3.36. The number of amidine groups is 1. The molecule has 21 heavy (non-hydrogen) atoms. The number of hydrogen-bond acceptors (Lipinski definition) is 5. The van der Waals surface area contributed by atoms with Gasteiger partial charge in [0.05, 0.1) is 10.6 Å². The highest BCUT2D eigenvalue weighted by molar-refractivity contribution is 7.83. The van der Waals surface area contributed by atoms with Gasteiger partial charge in [-0.05, 0) is 29.4 Å². The largest absolute Gasteiger partial charge is 0.346 e. The summed E-state index contributed by atoms with van der Waals surface area (Å²) in [5.41, 5.74) is 1.21. The van der Waals surface area contributed by atoms with E-state index in [-0.39, 0.29) is 5.69 Å². The maximum absolute atomic E-state index is 11.9. The van der Waals surface area contributed by atoms with Gasteiger partial charge in [0.25, 0.3) is 5.69 Å². The second-order valence-corrected chi connectivity index (χ2v) is 5.09. The van der Waals surface area contributed by atoms with Crippen molar-refractivity contribution in [3.63, 3.8) is 0 Å². The predicted molar refractivity (Wildman–Crippen MR) is 77.8 cm³/mol. The molecule has 8 heteroatoms. The third-order valence-electron chi connectivity index (χ3n) is 2.86. The lowest BCUT2D eigenvalue weighted by Gasteiger charge is -2.15. The average Bonchev–Trinajstić information content (AvgIpc) is 2.90. The highest BCUT2D eigenvalue weighted by atomic mass is 32.2. The molecule has 0 amide bonds. The minimum Gasteiger partial charge on any atom is -0.268 e. The molecule has 106 valence electrons. The number of nitro benzene ring substituents is 1. The van der Waals surface area contributed by atoms with Crippen LogP contribution < -0.4 is 4.31 Å². The number of hydrogen-bond donors (Lipinski definition) is 0. The molecule has 0 aliphatic carbocycles. The van der Waals surface area contributed by atoms with E-state index in [1.807, 2.05) is 6.07 Å². The highest BCUT2D eigenvalue weighted by Crippen LogP contribution is 2.25. The third kappa shape index (κ3) is 2.48. The number of rotatable bonds is 3. The van der Waals surface area contributed by atoms with E-state index in [0.717, 1.165) is 0 Å². The fourth-order valence-corrected chi connectivity index (χ4v) is 2.66. The molecule has 1 aliphatic heterocycles. The fourth-order valence-electron chi connectivity index (χ4n) is 1.88. The molecule has 0 radical (unpaired) electrons. The summed E-state index contributed by atoms with van der Waals surface area (Å²) in [4.78, 5) is 10.2. The standard InChI is InChI=1S/C13H9N3O4S/c17-16(18)12-8-6-10(7-9-12)13-14-20-21(19)15(13)11-4-2-1-3-5-11/h1-9H. The number of oxime groups is 1. The first-order valence-electron chi connectivity index (χ1n) is 5.94. The molecule has 2 aromatic rings. The second-order valence-electron chi connectivity index (χ2n) is 4.14. The molecule has 3 rings (SSSR count). The van der Waals surface area contributed by atoms with E-state index >= 15 is 0 Å². The summed E-state index contributed by atoms with van der Waals surface area (Å²) in [7, 11) is 0. The Morgan fingerprint density at radius 2 is 1.76 bits per heavy atom. The van der Waals surface area contributed by atoms with Crippen LogP contribution in [0.2, 0.25) is 0 Å². The number of nitro groups is 1. The Labute approximate surface area is 122 Å². The van der Waals surface area contributed by atoms with Crippen LogP contribution in [0.15, 0.2) is 59.8 Å². The van der Waals surface area contributed by atoms with Crippen molar-refractivity contribution < 1.29 is 13.4 Å². The van der Waals surface area contributed by atoms with Crippen LogP contribution in [-0.2, 0) is 15.6 Å². The topological polar surface area (TPSA) is 85.0 Å². The quantitative estimate of drug-likeness (QED) is 0.643. The summed E-state index contributed by atoms with van der Waals surface area (Å²) in [5.74, 6) is 0.342. The zero-order chi connectivity index (χ0) is 14.8. The maximum atomic E-state index is 11.9. The SMILES string of the molecule is O=[N+]([O-])c1ccc(C2=NOS(=O)N2c2ccccc2)cc1. The van der Waals surface area contributed by atoms with Crippen molar-refractivity contribution in [3.05, 3.63) is 70.3 Å². The first kappa shape index (κ1) is 13.3. The number of non-ortho nitro benzene ring substituents is 1. The summed E-state index contributed by atoms with van der Waals surface area (Å²) in [6.45, 7) is 0. The monoisotopic (exact) mass is 303 g/mol. The van der Waals surface area contributed by atoms with Crippen molar-refractivity contribution in [1.82, 2.24) is 0 Å². The van der Waals surface area contributed by atoms with Crippen molar-refractivity contribution in [3.8, 4) is 0 Å². The lowest BCUT2D eigenvalue weighted by atomic mass is 10.2. The van der Waals surface area contributed by atoms with Crippen molar-refractivity contribution >= 4 is 28.5 Å². The Morgan fingerprint density at radius 3 is 2.38 bits per heavy atom. The van der Waals surface area contributed by atoms with Crippen LogP contribution in [0.25, 0.3) is 0 Å². The van der Waals surface area contributed by atoms with Crippen molar-refractivity contribution in [1.29, 1.82) is 0 Å². The summed E-state index contributed by atoms with van der Waals surface area (Å²) in [5, 5.41) is 14.5. The molecule has 0 spiro atoms. The molecular weight excluding hydrogens is 294 g/mol. The summed E-state index contributed by atoms with van der Waals surface area (Å²) < 4.78 is 18.2. The first-order valence-corrected chi connectivity index (χ1v) is 6.97. The van der Waals surface area contributed by atoms with Crippen LogP contribution in [0, 0.1) is 10.1 Å². The van der Waals surface area contributed by atoms with E-state index in [1.54, 1.807) is 36.4 Å². The Morgan fingerprint density at radius 1 is 1.10 bits per heavy atom. The molecule has 0 aromatic heterocycles. The third-order valence-corrected chi connectivity index (χ3v) is 3.74. The number of para-hydroxylation sites is 1. The molecule has 1 heterocycles. The van der Waals surface area contributed by atoms with E-state index in [4.69, 9.17) is 4.28 Å². The second kappa shape index (κ2) is 5.33. The number of nitrogens with zero attached hydrogens (tertiary/aromatic N) is 3. The van der Waals surface area contributed by atoms with Gasteiger partial charge in [0.1, 0.15) is 0 Å².